The minimum absolute atomic E-state index is 0.0901. The van der Waals surface area contributed by atoms with Crippen molar-refractivity contribution in [2.24, 2.45) is 0 Å². The minimum atomic E-state index is -0.0901. The molecule has 1 fully saturated rings. The van der Waals surface area contributed by atoms with E-state index in [1.54, 1.807) is 18.2 Å². The van der Waals surface area contributed by atoms with E-state index in [4.69, 9.17) is 11.6 Å². The van der Waals surface area contributed by atoms with Gasteiger partial charge in [-0.15, -0.1) is 0 Å². The number of hydrogen-bond donors (Lipinski definition) is 2. The molecule has 0 radical (unpaired) electrons. The van der Waals surface area contributed by atoms with Crippen LogP contribution in [0.1, 0.15) is 30.0 Å². The Morgan fingerprint density at radius 1 is 1.16 bits per heavy atom. The minimum Gasteiger partial charge on any atom is -0.508 e. The topological polar surface area (TPSA) is 52.6 Å². The third kappa shape index (κ3) is 4.74. The number of likely N-dealkylation sites (tertiary alicyclic amines) is 1. The largest absolute Gasteiger partial charge is 0.508 e. The van der Waals surface area contributed by atoms with Crippen molar-refractivity contribution in [3.8, 4) is 5.75 Å². The van der Waals surface area contributed by atoms with Crippen LogP contribution in [0.3, 0.4) is 0 Å². The molecule has 4 nitrogen and oxygen atoms in total. The van der Waals surface area contributed by atoms with Gasteiger partial charge in [-0.05, 0) is 49.7 Å². The summed E-state index contributed by atoms with van der Waals surface area (Å²) in [4.78, 5) is 14.7. The highest BCUT2D eigenvalue weighted by atomic mass is 35.5. The Bertz CT molecular complexity index is 729. The van der Waals surface area contributed by atoms with Crippen LogP contribution in [0.2, 0.25) is 5.02 Å². The second-order valence-corrected chi connectivity index (χ2v) is 6.86. The second-order valence-electron chi connectivity index (χ2n) is 6.42. The lowest BCUT2D eigenvalue weighted by Crippen LogP contribution is -2.37. The van der Waals surface area contributed by atoms with Crippen LogP contribution in [0.25, 0.3) is 0 Å². The molecule has 1 amide bonds. The zero-order chi connectivity index (χ0) is 17.6. The fourth-order valence-electron chi connectivity index (χ4n) is 3.33. The molecule has 132 valence electrons. The lowest BCUT2D eigenvalue weighted by Gasteiger charge is -2.28. The maximum absolute atomic E-state index is 12.3. The predicted octanol–water partition coefficient (Wildman–Crippen LogP) is 3.54. The lowest BCUT2D eigenvalue weighted by molar-refractivity contribution is -0.120. The van der Waals surface area contributed by atoms with Crippen LogP contribution >= 0.6 is 11.6 Å². The zero-order valence-electron chi connectivity index (χ0n) is 14.1. The highest BCUT2D eigenvalue weighted by Crippen LogP contribution is 2.26. The van der Waals surface area contributed by atoms with E-state index in [9.17, 15) is 9.90 Å². The van der Waals surface area contributed by atoms with Gasteiger partial charge >= 0.3 is 0 Å². The number of nitrogens with zero attached hydrogens (tertiary/aromatic N) is 1. The molecule has 0 aromatic heterocycles. The van der Waals surface area contributed by atoms with Crippen molar-refractivity contribution in [3.63, 3.8) is 0 Å². The molecular weight excluding hydrogens is 336 g/mol. The van der Waals surface area contributed by atoms with E-state index < -0.39 is 0 Å². The molecule has 1 aliphatic heterocycles. The van der Waals surface area contributed by atoms with Crippen LogP contribution in [0.4, 0.5) is 0 Å². The quantitative estimate of drug-likeness (QED) is 0.830. The van der Waals surface area contributed by atoms with Crippen molar-refractivity contribution < 1.29 is 9.90 Å². The number of para-hydroxylation sites is 1. The van der Waals surface area contributed by atoms with E-state index in [0.717, 1.165) is 18.7 Å². The Kier molecular flexibility index (Phi) is 5.95. The first-order chi connectivity index (χ1) is 12.1. The number of hydrogen-bond acceptors (Lipinski definition) is 3. The fourth-order valence-corrected chi connectivity index (χ4v) is 3.53. The van der Waals surface area contributed by atoms with E-state index in [2.05, 4.69) is 16.3 Å². The number of carbonyl (C=O) groups is 1. The van der Waals surface area contributed by atoms with Gasteiger partial charge in [0, 0.05) is 17.1 Å². The van der Waals surface area contributed by atoms with Gasteiger partial charge in [0.1, 0.15) is 5.75 Å². The van der Waals surface area contributed by atoms with Crippen molar-refractivity contribution in [1.82, 2.24) is 10.2 Å². The van der Waals surface area contributed by atoms with Gasteiger partial charge in [-0.3, -0.25) is 9.69 Å². The number of rotatable bonds is 6. The lowest BCUT2D eigenvalue weighted by atomic mass is 10.1. The Morgan fingerprint density at radius 3 is 2.64 bits per heavy atom. The van der Waals surface area contributed by atoms with Gasteiger partial charge in [-0.25, -0.2) is 0 Å². The van der Waals surface area contributed by atoms with Crippen molar-refractivity contribution in [1.29, 1.82) is 0 Å². The molecule has 1 heterocycles. The average molecular weight is 359 g/mol. The van der Waals surface area contributed by atoms with Gasteiger partial charge in [0.15, 0.2) is 0 Å². The van der Waals surface area contributed by atoms with Gasteiger partial charge in [-0.1, -0.05) is 41.9 Å². The first-order valence-corrected chi connectivity index (χ1v) is 9.04. The number of aromatic hydroxyl groups is 1. The first-order valence-electron chi connectivity index (χ1n) is 8.66. The number of nitrogens with one attached hydrogen (secondary N) is 1. The molecule has 0 spiro atoms. The van der Waals surface area contributed by atoms with Crippen molar-refractivity contribution >= 4 is 17.5 Å². The number of phenolic OH excluding ortho intramolecular Hbond substituents is 1. The molecule has 3 rings (SSSR count). The number of carbonyl (C=O) groups excluding carboxylic acids is 1. The second kappa shape index (κ2) is 8.37. The first kappa shape index (κ1) is 17.8. The maximum Gasteiger partial charge on any atom is 0.224 e. The fraction of sp³-hybridized carbons (Fsp3) is 0.350. The third-order valence-corrected chi connectivity index (χ3v) is 4.89. The standard InChI is InChI=1S/C20H23ClN2O2/c21-17-8-5-7-15(12-17)18(23-10-3-4-11-23)14-22-20(25)13-16-6-1-2-9-19(16)24/h1-2,5-9,12,18,24H,3-4,10-11,13-14H2,(H,22,25). The number of halogens is 1. The van der Waals surface area contributed by atoms with Gasteiger partial charge in [0.25, 0.3) is 0 Å². The summed E-state index contributed by atoms with van der Waals surface area (Å²) in [5.41, 5.74) is 1.76. The summed E-state index contributed by atoms with van der Waals surface area (Å²) in [6, 6.07) is 14.9. The molecule has 1 saturated heterocycles. The summed E-state index contributed by atoms with van der Waals surface area (Å²) >= 11 is 6.15. The highest BCUT2D eigenvalue weighted by Gasteiger charge is 2.24. The molecule has 0 aliphatic carbocycles. The molecule has 2 aromatic carbocycles. The summed E-state index contributed by atoms with van der Waals surface area (Å²) < 4.78 is 0. The molecular formula is C20H23ClN2O2. The molecule has 2 aromatic rings. The molecule has 0 bridgehead atoms. The molecule has 2 N–H and O–H groups in total. The van der Waals surface area contributed by atoms with Crippen LogP contribution in [0, 0.1) is 0 Å². The smallest absolute Gasteiger partial charge is 0.224 e. The summed E-state index contributed by atoms with van der Waals surface area (Å²) in [7, 11) is 0. The van der Waals surface area contributed by atoms with Crippen LogP contribution < -0.4 is 5.32 Å². The van der Waals surface area contributed by atoms with Gasteiger partial charge in [0.2, 0.25) is 5.91 Å². The van der Waals surface area contributed by atoms with E-state index in [0.29, 0.717) is 17.1 Å². The van der Waals surface area contributed by atoms with Crippen molar-refractivity contribution in [2.75, 3.05) is 19.6 Å². The van der Waals surface area contributed by atoms with E-state index in [1.165, 1.54) is 12.8 Å². The van der Waals surface area contributed by atoms with E-state index >= 15 is 0 Å². The number of benzene rings is 2. The molecule has 25 heavy (non-hydrogen) atoms. The van der Waals surface area contributed by atoms with Crippen LogP contribution in [-0.4, -0.2) is 35.5 Å². The molecule has 1 atom stereocenters. The Labute approximate surface area is 153 Å². The van der Waals surface area contributed by atoms with Gasteiger partial charge in [-0.2, -0.15) is 0 Å². The van der Waals surface area contributed by atoms with Crippen LogP contribution in [0.15, 0.2) is 48.5 Å². The van der Waals surface area contributed by atoms with Crippen molar-refractivity contribution in [3.05, 3.63) is 64.7 Å². The number of phenols is 1. The van der Waals surface area contributed by atoms with E-state index in [-0.39, 0.29) is 24.1 Å². The number of amides is 1. The van der Waals surface area contributed by atoms with Crippen molar-refractivity contribution in [2.45, 2.75) is 25.3 Å². The zero-order valence-corrected chi connectivity index (χ0v) is 14.9. The average Bonchev–Trinajstić information content (AvgIpc) is 3.12. The van der Waals surface area contributed by atoms with Gasteiger partial charge in [0.05, 0.1) is 12.5 Å². The monoisotopic (exact) mass is 358 g/mol. The summed E-state index contributed by atoms with van der Waals surface area (Å²) in [5, 5.41) is 13.5. The molecule has 0 saturated carbocycles. The third-order valence-electron chi connectivity index (χ3n) is 4.65. The van der Waals surface area contributed by atoms with E-state index in [1.807, 2.05) is 24.3 Å². The van der Waals surface area contributed by atoms with Gasteiger partial charge < -0.3 is 10.4 Å². The van der Waals surface area contributed by atoms with Crippen LogP contribution in [0.5, 0.6) is 5.75 Å². The normalized spacial score (nSPS) is 15.9. The maximum atomic E-state index is 12.3. The molecule has 1 unspecified atom stereocenters. The van der Waals surface area contributed by atoms with Crippen LogP contribution in [-0.2, 0) is 11.2 Å². The predicted molar refractivity (Wildman–Crippen MR) is 99.8 cm³/mol. The Morgan fingerprint density at radius 2 is 1.92 bits per heavy atom. The SMILES string of the molecule is O=C(Cc1ccccc1O)NCC(c1cccc(Cl)c1)N1CCCC1. The Hall–Kier alpha value is -2.04. The summed E-state index contributed by atoms with van der Waals surface area (Å²) in [5.74, 6) is 0.0660. The molecule has 5 heteroatoms. The Balaban J connectivity index is 1.66. The highest BCUT2D eigenvalue weighted by molar-refractivity contribution is 6.30. The summed E-state index contributed by atoms with van der Waals surface area (Å²) in [6.07, 6.45) is 2.54. The summed E-state index contributed by atoms with van der Waals surface area (Å²) in [6.45, 7) is 2.60. The molecule has 1 aliphatic rings.